The number of nitrogens with zero attached hydrogens (tertiary/aromatic N) is 2. The summed E-state index contributed by atoms with van der Waals surface area (Å²) in [4.78, 5) is 15.4. The maximum Gasteiger partial charge on any atom is 0.294 e. The van der Waals surface area contributed by atoms with E-state index in [1.807, 2.05) is 19.0 Å². The minimum absolute atomic E-state index is 0.139. The van der Waals surface area contributed by atoms with Gasteiger partial charge in [-0.3, -0.25) is 0 Å². The van der Waals surface area contributed by atoms with Gasteiger partial charge in [0.25, 0.3) is 5.09 Å². The van der Waals surface area contributed by atoms with Crippen LogP contribution in [0.5, 0.6) is 0 Å². The molecule has 0 unspecified atom stereocenters. The van der Waals surface area contributed by atoms with Crippen molar-refractivity contribution in [2.24, 2.45) is 0 Å². The van der Waals surface area contributed by atoms with Gasteiger partial charge >= 0.3 is 0 Å². The summed E-state index contributed by atoms with van der Waals surface area (Å²) in [6, 6.07) is 0. The van der Waals surface area contributed by atoms with Crippen molar-refractivity contribution in [3.63, 3.8) is 0 Å². The molecular weight excluding hydrogens is 124 g/mol. The maximum absolute atomic E-state index is 9.55. The molecule has 54 valence electrons. The van der Waals surface area contributed by atoms with Gasteiger partial charge in [0.05, 0.1) is 0 Å². The Hall–Kier alpha value is -0.840. The van der Waals surface area contributed by atoms with E-state index < -0.39 is 5.09 Å². The van der Waals surface area contributed by atoms with Crippen molar-refractivity contribution in [2.75, 3.05) is 27.2 Å². The third-order valence-corrected chi connectivity index (χ3v) is 0.735. The van der Waals surface area contributed by atoms with Crippen LogP contribution in [0.25, 0.3) is 0 Å². The Morgan fingerprint density at radius 3 is 2.56 bits per heavy atom. The average Bonchev–Trinajstić information content (AvgIpc) is 1.63. The highest BCUT2D eigenvalue weighted by Crippen LogP contribution is 1.77. The van der Waals surface area contributed by atoms with Crippen molar-refractivity contribution in [3.8, 4) is 0 Å². The molecule has 0 radical (unpaired) electrons. The van der Waals surface area contributed by atoms with Crippen LogP contribution in [0.1, 0.15) is 0 Å². The Balaban J connectivity index is 3.01. The molecule has 0 bridgehead atoms. The smallest absolute Gasteiger partial charge is 0.294 e. The molecule has 0 aliphatic heterocycles. The highest BCUT2D eigenvalue weighted by atomic mass is 16.9. The third kappa shape index (κ3) is 7.16. The van der Waals surface area contributed by atoms with Gasteiger partial charge in [-0.25, -0.2) is 0 Å². The number of rotatable bonds is 4. The lowest BCUT2D eigenvalue weighted by molar-refractivity contribution is -0.757. The Morgan fingerprint density at radius 2 is 2.22 bits per heavy atom. The van der Waals surface area contributed by atoms with Gasteiger partial charge in [-0.15, -0.1) is 10.1 Å². The lowest BCUT2D eigenvalue weighted by Crippen LogP contribution is -2.19. The van der Waals surface area contributed by atoms with E-state index >= 15 is 0 Å². The van der Waals surface area contributed by atoms with E-state index in [2.05, 4.69) is 4.84 Å². The first-order valence-electron chi connectivity index (χ1n) is 2.55. The molecule has 0 fully saturated rings. The Morgan fingerprint density at radius 1 is 1.67 bits per heavy atom. The van der Waals surface area contributed by atoms with Crippen LogP contribution < -0.4 is 0 Å². The molecule has 0 atom stereocenters. The fourth-order valence-corrected chi connectivity index (χ4v) is 0.298. The van der Waals surface area contributed by atoms with E-state index in [0.717, 1.165) is 0 Å². The quantitative estimate of drug-likeness (QED) is 0.393. The van der Waals surface area contributed by atoms with Crippen LogP contribution in [0.4, 0.5) is 0 Å². The molecule has 5 heteroatoms. The lowest BCUT2D eigenvalue weighted by atomic mass is 10.6. The van der Waals surface area contributed by atoms with Gasteiger partial charge in [0.1, 0.15) is 6.61 Å². The van der Waals surface area contributed by atoms with E-state index in [9.17, 15) is 10.1 Å². The van der Waals surface area contributed by atoms with E-state index in [-0.39, 0.29) is 6.61 Å². The van der Waals surface area contributed by atoms with E-state index in [1.165, 1.54) is 0 Å². The molecule has 0 aromatic rings. The fraction of sp³-hybridized carbons (Fsp3) is 1.00. The zero-order chi connectivity index (χ0) is 7.28. The second-order valence-electron chi connectivity index (χ2n) is 1.86. The molecule has 0 N–H and O–H groups in total. The van der Waals surface area contributed by atoms with Crippen LogP contribution in [-0.4, -0.2) is 37.2 Å². The molecule has 0 saturated heterocycles. The van der Waals surface area contributed by atoms with Crippen molar-refractivity contribution in [1.82, 2.24) is 4.90 Å². The maximum atomic E-state index is 9.55. The summed E-state index contributed by atoms with van der Waals surface area (Å²) >= 11 is 0. The summed E-state index contributed by atoms with van der Waals surface area (Å²) in [6.07, 6.45) is 0. The van der Waals surface area contributed by atoms with Crippen molar-refractivity contribution in [2.45, 2.75) is 0 Å². The minimum atomic E-state index is -0.788. The third-order valence-electron chi connectivity index (χ3n) is 0.735. The predicted octanol–water partition coefficient (Wildman–Crippen LogP) is -0.244. The van der Waals surface area contributed by atoms with Gasteiger partial charge in [-0.2, -0.15) is 0 Å². The second kappa shape index (κ2) is 4.08. The Labute approximate surface area is 53.3 Å². The molecule has 0 saturated carbocycles. The first-order chi connectivity index (χ1) is 4.13. The second-order valence-corrected chi connectivity index (χ2v) is 1.86. The van der Waals surface area contributed by atoms with Crippen LogP contribution in [-0.2, 0) is 4.84 Å². The summed E-state index contributed by atoms with van der Waals surface area (Å²) in [5.41, 5.74) is 0. The number of hydrogen-bond acceptors (Lipinski definition) is 4. The molecule has 0 aromatic carbocycles. The summed E-state index contributed by atoms with van der Waals surface area (Å²) in [7, 11) is 3.65. The average molecular weight is 134 g/mol. The molecular formula is C4H10N2O3. The molecule has 0 spiro atoms. The molecule has 0 rings (SSSR count). The molecule has 5 nitrogen and oxygen atoms in total. The van der Waals surface area contributed by atoms with Gasteiger partial charge in [-0.1, -0.05) is 0 Å². The molecule has 0 aliphatic carbocycles. The van der Waals surface area contributed by atoms with E-state index in [4.69, 9.17) is 0 Å². The summed E-state index contributed by atoms with van der Waals surface area (Å²) in [5.74, 6) is 0. The van der Waals surface area contributed by atoms with E-state index in [1.54, 1.807) is 0 Å². The van der Waals surface area contributed by atoms with Gasteiger partial charge < -0.3 is 9.74 Å². The highest BCUT2D eigenvalue weighted by molar-refractivity contribution is 4.35. The topological polar surface area (TPSA) is 55.6 Å². The van der Waals surface area contributed by atoms with Gasteiger partial charge in [-0.05, 0) is 14.1 Å². The van der Waals surface area contributed by atoms with Crippen LogP contribution in [0.15, 0.2) is 0 Å². The largest absolute Gasteiger partial charge is 0.313 e. The molecule has 9 heavy (non-hydrogen) atoms. The van der Waals surface area contributed by atoms with Crippen molar-refractivity contribution in [3.05, 3.63) is 10.1 Å². The minimum Gasteiger partial charge on any atom is -0.313 e. The number of hydrogen-bond donors (Lipinski definition) is 0. The van der Waals surface area contributed by atoms with E-state index in [0.29, 0.717) is 6.54 Å². The fourth-order valence-electron chi connectivity index (χ4n) is 0.298. The lowest BCUT2D eigenvalue weighted by Gasteiger charge is -2.06. The molecule has 0 aliphatic rings. The van der Waals surface area contributed by atoms with Crippen molar-refractivity contribution >= 4 is 0 Å². The molecule has 0 heterocycles. The zero-order valence-electron chi connectivity index (χ0n) is 5.53. The van der Waals surface area contributed by atoms with Gasteiger partial charge in [0, 0.05) is 6.54 Å². The highest BCUT2D eigenvalue weighted by Gasteiger charge is 1.93. The van der Waals surface area contributed by atoms with Crippen molar-refractivity contribution in [1.29, 1.82) is 0 Å². The number of likely N-dealkylation sites (N-methyl/N-ethyl adjacent to an activating group) is 1. The van der Waals surface area contributed by atoms with Crippen molar-refractivity contribution < 1.29 is 9.92 Å². The standard InChI is InChI=1S/C4H10N2O3/c1-5(2)3-4-9-6(7)8/h3-4H2,1-2H3. The first kappa shape index (κ1) is 8.16. The summed E-state index contributed by atoms with van der Waals surface area (Å²) in [5, 5.41) is 8.76. The predicted molar refractivity (Wildman–Crippen MR) is 31.5 cm³/mol. The zero-order valence-corrected chi connectivity index (χ0v) is 5.53. The molecule has 0 aromatic heterocycles. The van der Waals surface area contributed by atoms with Crippen LogP contribution in [0.3, 0.4) is 0 Å². The van der Waals surface area contributed by atoms with Crippen LogP contribution in [0.2, 0.25) is 0 Å². The van der Waals surface area contributed by atoms with Crippen LogP contribution in [0, 0.1) is 10.1 Å². The first-order valence-corrected chi connectivity index (χ1v) is 2.55. The van der Waals surface area contributed by atoms with Crippen LogP contribution >= 0.6 is 0 Å². The summed E-state index contributed by atoms with van der Waals surface area (Å²) in [6.45, 7) is 0.709. The summed E-state index contributed by atoms with van der Waals surface area (Å²) < 4.78 is 0. The Bertz CT molecular complexity index is 93.8. The normalized spacial score (nSPS) is 9.67. The Kier molecular flexibility index (Phi) is 3.70. The van der Waals surface area contributed by atoms with Gasteiger partial charge in [0.15, 0.2) is 0 Å². The monoisotopic (exact) mass is 134 g/mol. The SMILES string of the molecule is CN(C)CCO[N+](=O)[O-]. The van der Waals surface area contributed by atoms with Gasteiger partial charge in [0.2, 0.25) is 0 Å². The molecule has 0 amide bonds.